The summed E-state index contributed by atoms with van der Waals surface area (Å²) in [6.45, 7) is 3.73. The summed E-state index contributed by atoms with van der Waals surface area (Å²) >= 11 is 0. The molecule has 0 saturated carbocycles. The molecular weight excluding hydrogens is 233 g/mol. The van der Waals surface area contributed by atoms with Gasteiger partial charge in [-0.15, -0.1) is 0 Å². The average molecular weight is 247 g/mol. The van der Waals surface area contributed by atoms with Crippen molar-refractivity contribution >= 4 is 5.97 Å². The number of methoxy groups -OCH3 is 1. The summed E-state index contributed by atoms with van der Waals surface area (Å²) in [5, 5.41) is 0. The number of esters is 1. The molecule has 0 spiro atoms. The molecule has 94 valence electrons. The van der Waals surface area contributed by atoms with Gasteiger partial charge in [0.2, 0.25) is 0 Å². The molecule has 0 radical (unpaired) electrons. The number of carbonyl (C=O) groups is 1. The van der Waals surface area contributed by atoms with Crippen molar-refractivity contribution in [3.05, 3.63) is 53.1 Å². The first-order valence-electron chi connectivity index (χ1n) is 5.58. The van der Waals surface area contributed by atoms with Gasteiger partial charge in [0.15, 0.2) is 0 Å². The Labute approximate surface area is 105 Å². The molecule has 0 aliphatic carbocycles. The molecule has 0 fully saturated rings. The predicted molar refractivity (Wildman–Crippen MR) is 66.5 cm³/mol. The standard InChI is InChI=1S/C14H14FNO2/c1-9-8-13(14(17)18-3)10(2)16(9)12-6-4-11(15)5-7-12/h4-8H,1-3H3. The Morgan fingerprint density at radius 3 is 2.39 bits per heavy atom. The van der Waals surface area contributed by atoms with Crippen LogP contribution in [-0.4, -0.2) is 17.6 Å². The average Bonchev–Trinajstić information content (AvgIpc) is 2.65. The third kappa shape index (κ3) is 2.01. The molecule has 1 heterocycles. The molecule has 0 saturated heterocycles. The molecule has 4 heteroatoms. The Morgan fingerprint density at radius 2 is 1.83 bits per heavy atom. The SMILES string of the molecule is COC(=O)c1cc(C)n(-c2ccc(F)cc2)c1C. The fourth-order valence-corrected chi connectivity index (χ4v) is 2.07. The van der Waals surface area contributed by atoms with Gasteiger partial charge >= 0.3 is 5.97 Å². The molecule has 0 unspecified atom stereocenters. The second-order valence-corrected chi connectivity index (χ2v) is 4.09. The van der Waals surface area contributed by atoms with E-state index in [1.165, 1.54) is 19.2 Å². The maximum atomic E-state index is 12.9. The number of aromatic nitrogens is 1. The maximum Gasteiger partial charge on any atom is 0.339 e. The first-order valence-corrected chi connectivity index (χ1v) is 5.58. The summed E-state index contributed by atoms with van der Waals surface area (Å²) in [6.07, 6.45) is 0. The number of benzene rings is 1. The lowest BCUT2D eigenvalue weighted by atomic mass is 10.2. The minimum atomic E-state index is -0.364. The van der Waals surface area contributed by atoms with E-state index in [2.05, 4.69) is 0 Å². The number of ether oxygens (including phenoxy) is 1. The van der Waals surface area contributed by atoms with Gasteiger partial charge in [-0.3, -0.25) is 0 Å². The maximum absolute atomic E-state index is 12.9. The molecule has 0 N–H and O–H groups in total. The van der Waals surface area contributed by atoms with Crippen LogP contribution >= 0.6 is 0 Å². The number of nitrogens with zero attached hydrogens (tertiary/aromatic N) is 1. The van der Waals surface area contributed by atoms with Gasteiger partial charge in [-0.05, 0) is 44.2 Å². The Bertz CT molecular complexity index is 585. The fraction of sp³-hybridized carbons (Fsp3) is 0.214. The second-order valence-electron chi connectivity index (χ2n) is 4.09. The Morgan fingerprint density at radius 1 is 1.22 bits per heavy atom. The zero-order valence-electron chi connectivity index (χ0n) is 10.5. The van der Waals surface area contributed by atoms with Gasteiger partial charge in [0, 0.05) is 17.1 Å². The number of halogens is 1. The summed E-state index contributed by atoms with van der Waals surface area (Å²) < 4.78 is 19.5. The largest absolute Gasteiger partial charge is 0.465 e. The normalized spacial score (nSPS) is 10.4. The van der Waals surface area contributed by atoms with Crippen LogP contribution in [0, 0.1) is 19.7 Å². The number of hydrogen-bond acceptors (Lipinski definition) is 2. The highest BCUT2D eigenvalue weighted by Gasteiger charge is 2.16. The first kappa shape index (κ1) is 12.4. The number of carbonyl (C=O) groups excluding carboxylic acids is 1. The van der Waals surface area contributed by atoms with E-state index < -0.39 is 0 Å². The lowest BCUT2D eigenvalue weighted by molar-refractivity contribution is 0.0600. The lowest BCUT2D eigenvalue weighted by Gasteiger charge is -2.09. The Balaban J connectivity index is 2.55. The van der Waals surface area contributed by atoms with E-state index in [1.807, 2.05) is 18.4 Å². The van der Waals surface area contributed by atoms with E-state index in [-0.39, 0.29) is 11.8 Å². The third-order valence-corrected chi connectivity index (χ3v) is 2.92. The number of aryl methyl sites for hydroxylation is 1. The predicted octanol–water partition coefficient (Wildman–Crippen LogP) is 3.02. The Hall–Kier alpha value is -2.10. The third-order valence-electron chi connectivity index (χ3n) is 2.92. The van der Waals surface area contributed by atoms with Crippen LogP contribution in [0.3, 0.4) is 0 Å². The van der Waals surface area contributed by atoms with Gasteiger partial charge < -0.3 is 9.30 Å². The fourth-order valence-electron chi connectivity index (χ4n) is 2.07. The lowest BCUT2D eigenvalue weighted by Crippen LogP contribution is -2.04. The van der Waals surface area contributed by atoms with Crippen molar-refractivity contribution < 1.29 is 13.9 Å². The van der Waals surface area contributed by atoms with Crippen molar-refractivity contribution in [2.45, 2.75) is 13.8 Å². The molecule has 0 bridgehead atoms. The summed E-state index contributed by atoms with van der Waals surface area (Å²) in [6, 6.07) is 7.91. The number of rotatable bonds is 2. The van der Waals surface area contributed by atoms with Crippen molar-refractivity contribution in [3.63, 3.8) is 0 Å². The van der Waals surface area contributed by atoms with Crippen molar-refractivity contribution in [1.29, 1.82) is 0 Å². The smallest absolute Gasteiger partial charge is 0.339 e. The van der Waals surface area contributed by atoms with Crippen LogP contribution in [0.15, 0.2) is 30.3 Å². The van der Waals surface area contributed by atoms with Crippen LogP contribution in [0.5, 0.6) is 0 Å². The number of hydrogen-bond donors (Lipinski definition) is 0. The molecule has 18 heavy (non-hydrogen) atoms. The highest BCUT2D eigenvalue weighted by Crippen LogP contribution is 2.21. The molecule has 1 aromatic heterocycles. The van der Waals surface area contributed by atoms with Crippen LogP contribution in [0.4, 0.5) is 4.39 Å². The van der Waals surface area contributed by atoms with Gasteiger partial charge in [-0.1, -0.05) is 0 Å². The topological polar surface area (TPSA) is 31.2 Å². The molecule has 0 aliphatic rings. The van der Waals surface area contributed by atoms with Gasteiger partial charge in [0.05, 0.1) is 12.7 Å². The second kappa shape index (κ2) is 4.64. The van der Waals surface area contributed by atoms with Gasteiger partial charge in [-0.25, -0.2) is 9.18 Å². The molecule has 2 aromatic rings. The summed E-state index contributed by atoms with van der Waals surface area (Å²) in [7, 11) is 1.35. The van der Waals surface area contributed by atoms with Crippen molar-refractivity contribution in [3.8, 4) is 5.69 Å². The van der Waals surface area contributed by atoms with Crippen molar-refractivity contribution in [1.82, 2.24) is 4.57 Å². The van der Waals surface area contributed by atoms with Crippen LogP contribution in [-0.2, 0) is 4.74 Å². The zero-order chi connectivity index (χ0) is 13.3. The first-order chi connectivity index (χ1) is 8.54. The molecule has 0 amide bonds. The Kier molecular flexibility index (Phi) is 3.19. The van der Waals surface area contributed by atoms with Crippen LogP contribution < -0.4 is 0 Å². The highest BCUT2D eigenvalue weighted by molar-refractivity contribution is 5.91. The van der Waals surface area contributed by atoms with E-state index >= 15 is 0 Å². The summed E-state index contributed by atoms with van der Waals surface area (Å²) in [5.41, 5.74) is 3.03. The van der Waals surface area contributed by atoms with E-state index in [0.29, 0.717) is 5.56 Å². The molecule has 2 rings (SSSR count). The van der Waals surface area contributed by atoms with E-state index in [1.54, 1.807) is 18.2 Å². The van der Waals surface area contributed by atoms with E-state index in [4.69, 9.17) is 4.74 Å². The summed E-state index contributed by atoms with van der Waals surface area (Å²) in [5.74, 6) is -0.647. The van der Waals surface area contributed by atoms with Gasteiger partial charge in [0.25, 0.3) is 0 Å². The highest BCUT2D eigenvalue weighted by atomic mass is 19.1. The van der Waals surface area contributed by atoms with E-state index in [9.17, 15) is 9.18 Å². The quantitative estimate of drug-likeness (QED) is 0.764. The van der Waals surface area contributed by atoms with Crippen molar-refractivity contribution in [2.24, 2.45) is 0 Å². The van der Waals surface area contributed by atoms with Crippen LogP contribution in [0.25, 0.3) is 5.69 Å². The zero-order valence-corrected chi connectivity index (χ0v) is 10.5. The van der Waals surface area contributed by atoms with Crippen LogP contribution in [0.2, 0.25) is 0 Å². The molecule has 0 aliphatic heterocycles. The van der Waals surface area contributed by atoms with Gasteiger partial charge in [-0.2, -0.15) is 0 Å². The van der Waals surface area contributed by atoms with Gasteiger partial charge in [0.1, 0.15) is 5.82 Å². The van der Waals surface area contributed by atoms with E-state index in [0.717, 1.165) is 17.1 Å². The van der Waals surface area contributed by atoms with Crippen molar-refractivity contribution in [2.75, 3.05) is 7.11 Å². The molecule has 3 nitrogen and oxygen atoms in total. The molecule has 0 atom stereocenters. The minimum absolute atomic E-state index is 0.283. The molecule has 1 aromatic carbocycles. The monoisotopic (exact) mass is 247 g/mol. The summed E-state index contributed by atoms with van der Waals surface area (Å²) in [4.78, 5) is 11.6. The minimum Gasteiger partial charge on any atom is -0.465 e. The van der Waals surface area contributed by atoms with Crippen LogP contribution in [0.1, 0.15) is 21.7 Å². The molecular formula is C14H14FNO2.